The third-order valence-corrected chi connectivity index (χ3v) is 5.18. The van der Waals surface area contributed by atoms with Gasteiger partial charge in [0.25, 0.3) is 0 Å². The molecule has 0 bridgehead atoms. The number of anilines is 1. The molecule has 2 heterocycles. The van der Waals surface area contributed by atoms with E-state index in [4.69, 9.17) is 9.47 Å². The minimum absolute atomic E-state index is 0.177. The fraction of sp³-hybridized carbons (Fsp3) is 0.474. The van der Waals surface area contributed by atoms with Crippen LogP contribution in [0.4, 0.5) is 5.00 Å². The van der Waals surface area contributed by atoms with E-state index in [1.54, 1.807) is 25.5 Å². The van der Waals surface area contributed by atoms with Gasteiger partial charge in [-0.3, -0.25) is 9.48 Å². The van der Waals surface area contributed by atoms with E-state index in [-0.39, 0.29) is 41.0 Å². The zero-order valence-electron chi connectivity index (χ0n) is 16.7. The van der Waals surface area contributed by atoms with Gasteiger partial charge in [0.1, 0.15) is 9.88 Å². The fourth-order valence-corrected chi connectivity index (χ4v) is 3.84. The molecule has 0 aliphatic rings. The second-order valence-corrected chi connectivity index (χ2v) is 7.17. The lowest BCUT2D eigenvalue weighted by atomic mass is 10.1. The van der Waals surface area contributed by atoms with Crippen molar-refractivity contribution in [2.24, 2.45) is 0 Å². The third kappa shape index (κ3) is 4.98. The molecular formula is C19H25N3O5S. The Hall–Kier alpha value is -2.68. The number of nitrogens with one attached hydrogen (secondary N) is 1. The van der Waals surface area contributed by atoms with Gasteiger partial charge in [0.15, 0.2) is 0 Å². The minimum atomic E-state index is -0.583. The summed E-state index contributed by atoms with van der Waals surface area (Å²) in [6, 6.07) is 1.94. The largest absolute Gasteiger partial charge is 0.462 e. The molecule has 152 valence electrons. The van der Waals surface area contributed by atoms with Crippen molar-refractivity contribution in [3.8, 4) is 0 Å². The van der Waals surface area contributed by atoms with Gasteiger partial charge in [-0.1, -0.05) is 0 Å². The topological polar surface area (TPSA) is 99.5 Å². The monoisotopic (exact) mass is 407 g/mol. The van der Waals surface area contributed by atoms with Crippen LogP contribution in [-0.2, 0) is 20.8 Å². The zero-order valence-corrected chi connectivity index (χ0v) is 17.6. The summed E-state index contributed by atoms with van der Waals surface area (Å²) in [6.45, 7) is 9.66. The number of carbonyl (C=O) groups is 3. The number of hydrogen-bond acceptors (Lipinski definition) is 7. The zero-order chi connectivity index (χ0) is 20.8. The molecule has 1 N–H and O–H groups in total. The summed E-state index contributed by atoms with van der Waals surface area (Å²) in [5, 5.41) is 7.35. The Balaban J connectivity index is 2.21. The van der Waals surface area contributed by atoms with Crippen molar-refractivity contribution in [1.82, 2.24) is 9.78 Å². The first kappa shape index (κ1) is 21.6. The summed E-state index contributed by atoms with van der Waals surface area (Å²) in [4.78, 5) is 37.2. The van der Waals surface area contributed by atoms with E-state index < -0.39 is 11.9 Å². The fourth-order valence-electron chi connectivity index (χ4n) is 2.74. The Kier molecular flexibility index (Phi) is 7.33. The van der Waals surface area contributed by atoms with Gasteiger partial charge in [-0.25, -0.2) is 9.59 Å². The van der Waals surface area contributed by atoms with Crippen LogP contribution >= 0.6 is 11.3 Å². The number of nitrogens with zero attached hydrogens (tertiary/aromatic N) is 2. The summed E-state index contributed by atoms with van der Waals surface area (Å²) in [5.74, 6) is -1.39. The molecule has 0 spiro atoms. The number of carbonyl (C=O) groups excluding carboxylic acids is 3. The van der Waals surface area contributed by atoms with Crippen LogP contribution in [0.15, 0.2) is 6.07 Å². The lowest BCUT2D eigenvalue weighted by Gasteiger charge is -2.08. The van der Waals surface area contributed by atoms with Crippen molar-refractivity contribution in [2.75, 3.05) is 18.5 Å². The molecule has 1 amide bonds. The molecule has 0 unspecified atom stereocenters. The summed E-state index contributed by atoms with van der Waals surface area (Å²) >= 11 is 1.02. The highest BCUT2D eigenvalue weighted by Crippen LogP contribution is 2.34. The van der Waals surface area contributed by atoms with E-state index in [1.807, 2.05) is 19.9 Å². The van der Waals surface area contributed by atoms with Crippen molar-refractivity contribution in [3.63, 3.8) is 0 Å². The number of rotatable bonds is 8. The van der Waals surface area contributed by atoms with E-state index >= 15 is 0 Å². The molecule has 2 aromatic rings. The summed E-state index contributed by atoms with van der Waals surface area (Å²) in [7, 11) is 0. The van der Waals surface area contributed by atoms with Gasteiger partial charge in [0.05, 0.1) is 24.5 Å². The van der Waals surface area contributed by atoms with Crippen LogP contribution < -0.4 is 5.32 Å². The third-order valence-electron chi connectivity index (χ3n) is 3.99. The highest BCUT2D eigenvalue weighted by Gasteiger charge is 2.27. The maximum absolute atomic E-state index is 12.4. The first-order valence-corrected chi connectivity index (χ1v) is 9.88. The quantitative estimate of drug-likeness (QED) is 0.674. The minimum Gasteiger partial charge on any atom is -0.462 e. The van der Waals surface area contributed by atoms with Gasteiger partial charge < -0.3 is 14.8 Å². The smallest absolute Gasteiger partial charge is 0.348 e. The molecule has 9 heteroatoms. The second kappa shape index (κ2) is 9.50. The SMILES string of the molecule is CCOC(=O)c1sc(NC(=O)CCn2nc(C)cc2C)c(C(=O)OCC)c1C. The number of hydrogen-bond donors (Lipinski definition) is 1. The van der Waals surface area contributed by atoms with Crippen LogP contribution in [0.3, 0.4) is 0 Å². The van der Waals surface area contributed by atoms with Gasteiger partial charge in [-0.2, -0.15) is 5.10 Å². The van der Waals surface area contributed by atoms with Crippen molar-refractivity contribution in [3.05, 3.63) is 33.5 Å². The molecule has 0 saturated carbocycles. The lowest BCUT2D eigenvalue weighted by Crippen LogP contribution is -2.17. The van der Waals surface area contributed by atoms with Crippen LogP contribution in [0.2, 0.25) is 0 Å². The Bertz CT molecular complexity index is 885. The van der Waals surface area contributed by atoms with Gasteiger partial charge in [0, 0.05) is 18.7 Å². The molecule has 0 aromatic carbocycles. The molecule has 0 fully saturated rings. The molecule has 8 nitrogen and oxygen atoms in total. The Morgan fingerprint density at radius 1 is 1.11 bits per heavy atom. The van der Waals surface area contributed by atoms with Gasteiger partial charge in [-0.15, -0.1) is 11.3 Å². The van der Waals surface area contributed by atoms with Crippen molar-refractivity contribution in [2.45, 2.75) is 47.6 Å². The van der Waals surface area contributed by atoms with Gasteiger partial charge in [0.2, 0.25) is 5.91 Å². The standard InChI is InChI=1S/C19H25N3O5S/c1-6-26-18(24)15-13(5)16(19(25)27-7-2)28-17(15)20-14(23)8-9-22-12(4)10-11(3)21-22/h10H,6-9H2,1-5H3,(H,20,23). The first-order chi connectivity index (χ1) is 13.3. The van der Waals surface area contributed by atoms with E-state index in [2.05, 4.69) is 10.4 Å². The predicted octanol–water partition coefficient (Wildman–Crippen LogP) is 3.25. The molecular weight excluding hydrogens is 382 g/mol. The van der Waals surface area contributed by atoms with E-state index in [1.165, 1.54) is 0 Å². The maximum atomic E-state index is 12.4. The number of thiophene rings is 1. The second-order valence-electron chi connectivity index (χ2n) is 6.15. The number of ether oxygens (including phenoxy) is 2. The molecule has 2 aromatic heterocycles. The summed E-state index contributed by atoms with van der Waals surface area (Å²) in [5.41, 5.74) is 2.48. The summed E-state index contributed by atoms with van der Waals surface area (Å²) < 4.78 is 11.9. The van der Waals surface area contributed by atoms with E-state index in [0.29, 0.717) is 12.1 Å². The Morgan fingerprint density at radius 2 is 1.75 bits per heavy atom. The molecule has 0 aliphatic heterocycles. The highest BCUT2D eigenvalue weighted by atomic mass is 32.1. The number of aryl methyl sites for hydroxylation is 3. The van der Waals surface area contributed by atoms with Crippen molar-refractivity contribution < 1.29 is 23.9 Å². The maximum Gasteiger partial charge on any atom is 0.348 e. The average molecular weight is 407 g/mol. The van der Waals surface area contributed by atoms with Crippen LogP contribution in [0.25, 0.3) is 0 Å². The molecule has 0 atom stereocenters. The first-order valence-electron chi connectivity index (χ1n) is 9.06. The molecule has 0 saturated heterocycles. The lowest BCUT2D eigenvalue weighted by molar-refractivity contribution is -0.116. The number of aromatic nitrogens is 2. The number of esters is 2. The Labute approximate surface area is 167 Å². The average Bonchev–Trinajstić information content (AvgIpc) is 3.12. The number of amides is 1. The summed E-state index contributed by atoms with van der Waals surface area (Å²) in [6.07, 6.45) is 0.177. The van der Waals surface area contributed by atoms with Crippen molar-refractivity contribution >= 4 is 34.2 Å². The van der Waals surface area contributed by atoms with E-state index in [9.17, 15) is 14.4 Å². The molecule has 2 rings (SSSR count). The van der Waals surface area contributed by atoms with Crippen LogP contribution in [0, 0.1) is 20.8 Å². The van der Waals surface area contributed by atoms with Crippen molar-refractivity contribution in [1.29, 1.82) is 0 Å². The van der Waals surface area contributed by atoms with Crippen LogP contribution in [0.1, 0.15) is 57.2 Å². The highest BCUT2D eigenvalue weighted by molar-refractivity contribution is 7.18. The molecule has 0 aliphatic carbocycles. The molecule has 0 radical (unpaired) electrons. The predicted molar refractivity (Wildman–Crippen MR) is 106 cm³/mol. The normalized spacial score (nSPS) is 10.6. The Morgan fingerprint density at radius 3 is 2.32 bits per heavy atom. The van der Waals surface area contributed by atoms with Gasteiger partial charge in [-0.05, 0) is 46.2 Å². The molecule has 28 heavy (non-hydrogen) atoms. The van der Waals surface area contributed by atoms with Gasteiger partial charge >= 0.3 is 11.9 Å². The van der Waals surface area contributed by atoms with E-state index in [0.717, 1.165) is 22.7 Å². The van der Waals surface area contributed by atoms with Crippen LogP contribution in [0.5, 0.6) is 0 Å². The van der Waals surface area contributed by atoms with Crippen LogP contribution in [-0.4, -0.2) is 40.8 Å².